The number of likely N-dealkylation sites (tertiary alicyclic amines) is 1. The zero-order chi connectivity index (χ0) is 15.9. The Hall–Kier alpha value is -0.610. The minimum absolute atomic E-state index is 0.132. The third-order valence-electron chi connectivity index (χ3n) is 5.00. The molecule has 0 aromatic heterocycles. The molecule has 1 fully saturated rings. The molecule has 0 bridgehead atoms. The first-order chi connectivity index (χ1) is 9.94. The largest absolute Gasteiger partial charge is 0.465 e. The number of ether oxygens (including phenoxy) is 1. The maximum Gasteiger partial charge on any atom is 0.326 e. The van der Waals surface area contributed by atoms with Crippen molar-refractivity contribution in [2.45, 2.75) is 83.8 Å². The standard InChI is InChI=1S/C17H34N2O2/c1-6-21-16(20)17(4,18-5)12-7-8-13-19-14(2)10-9-11-15(19)3/h14-15,18H,6-13H2,1-5H3/t14-,15+,17?. The molecule has 1 N–H and O–H groups in total. The number of hydrogen-bond donors (Lipinski definition) is 1. The van der Waals surface area contributed by atoms with Crippen LogP contribution in [-0.2, 0) is 9.53 Å². The van der Waals surface area contributed by atoms with Gasteiger partial charge < -0.3 is 10.1 Å². The van der Waals surface area contributed by atoms with Crippen LogP contribution in [-0.4, -0.2) is 48.7 Å². The van der Waals surface area contributed by atoms with Gasteiger partial charge in [-0.25, -0.2) is 0 Å². The summed E-state index contributed by atoms with van der Waals surface area (Å²) in [5.41, 5.74) is -0.546. The lowest BCUT2D eigenvalue weighted by Crippen LogP contribution is -2.49. The summed E-state index contributed by atoms with van der Waals surface area (Å²) in [6.07, 6.45) is 7.03. The molecular weight excluding hydrogens is 264 g/mol. The first-order valence-corrected chi connectivity index (χ1v) is 8.56. The summed E-state index contributed by atoms with van der Waals surface area (Å²) in [6, 6.07) is 1.41. The van der Waals surface area contributed by atoms with Gasteiger partial charge in [-0.2, -0.15) is 0 Å². The Kier molecular flexibility index (Phi) is 7.67. The molecule has 0 saturated carbocycles. The molecule has 1 unspecified atom stereocenters. The van der Waals surface area contributed by atoms with Crippen LogP contribution >= 0.6 is 0 Å². The molecule has 0 aliphatic carbocycles. The highest BCUT2D eigenvalue weighted by Gasteiger charge is 2.32. The zero-order valence-electron chi connectivity index (χ0n) is 14.6. The van der Waals surface area contributed by atoms with E-state index in [0.717, 1.165) is 25.8 Å². The van der Waals surface area contributed by atoms with Crippen LogP contribution < -0.4 is 5.32 Å². The maximum atomic E-state index is 12.0. The van der Waals surface area contributed by atoms with Gasteiger partial charge in [0.1, 0.15) is 5.54 Å². The molecule has 0 amide bonds. The Bertz CT molecular complexity index is 312. The molecule has 3 atom stereocenters. The van der Waals surface area contributed by atoms with Gasteiger partial charge in [-0.1, -0.05) is 6.42 Å². The highest BCUT2D eigenvalue weighted by Crippen LogP contribution is 2.23. The van der Waals surface area contributed by atoms with E-state index in [1.165, 1.54) is 19.3 Å². The predicted octanol–water partition coefficient (Wildman–Crippen LogP) is 2.96. The second-order valence-corrected chi connectivity index (χ2v) is 6.63. The highest BCUT2D eigenvalue weighted by atomic mass is 16.5. The van der Waals surface area contributed by atoms with Crippen LogP contribution in [0.5, 0.6) is 0 Å². The van der Waals surface area contributed by atoms with Gasteiger partial charge >= 0.3 is 5.97 Å². The van der Waals surface area contributed by atoms with Gasteiger partial charge in [-0.3, -0.25) is 9.69 Å². The second-order valence-electron chi connectivity index (χ2n) is 6.63. The summed E-state index contributed by atoms with van der Waals surface area (Å²) in [5.74, 6) is -0.132. The molecule has 1 aliphatic heterocycles. The van der Waals surface area contributed by atoms with Gasteiger partial charge in [-0.15, -0.1) is 0 Å². The Morgan fingerprint density at radius 2 is 1.90 bits per heavy atom. The number of nitrogens with zero attached hydrogens (tertiary/aromatic N) is 1. The van der Waals surface area contributed by atoms with Gasteiger partial charge in [0.15, 0.2) is 0 Å². The fourth-order valence-electron chi connectivity index (χ4n) is 3.31. The van der Waals surface area contributed by atoms with E-state index in [9.17, 15) is 4.79 Å². The Morgan fingerprint density at radius 1 is 1.29 bits per heavy atom. The van der Waals surface area contributed by atoms with Gasteiger partial charge in [0, 0.05) is 12.1 Å². The molecular formula is C17H34N2O2. The molecule has 1 aliphatic rings. The molecule has 1 rings (SSSR count). The van der Waals surface area contributed by atoms with E-state index < -0.39 is 5.54 Å². The van der Waals surface area contributed by atoms with Crippen LogP contribution in [0.25, 0.3) is 0 Å². The smallest absolute Gasteiger partial charge is 0.326 e. The number of likely N-dealkylation sites (N-methyl/N-ethyl adjacent to an activating group) is 1. The molecule has 0 spiro atoms. The summed E-state index contributed by atoms with van der Waals surface area (Å²) in [7, 11) is 1.84. The second kappa shape index (κ2) is 8.74. The number of nitrogens with one attached hydrogen (secondary N) is 1. The maximum absolute atomic E-state index is 12.0. The summed E-state index contributed by atoms with van der Waals surface area (Å²) in [5, 5.41) is 3.13. The van der Waals surface area contributed by atoms with E-state index in [1.807, 2.05) is 20.9 Å². The molecule has 124 valence electrons. The first-order valence-electron chi connectivity index (χ1n) is 8.56. The molecule has 0 aromatic carbocycles. The third-order valence-corrected chi connectivity index (χ3v) is 5.00. The van der Waals surface area contributed by atoms with Crippen molar-refractivity contribution in [2.24, 2.45) is 0 Å². The Balaban J connectivity index is 2.36. The monoisotopic (exact) mass is 298 g/mol. The van der Waals surface area contributed by atoms with Crippen molar-refractivity contribution in [3.05, 3.63) is 0 Å². The molecule has 21 heavy (non-hydrogen) atoms. The lowest BCUT2D eigenvalue weighted by molar-refractivity contribution is -0.150. The highest BCUT2D eigenvalue weighted by molar-refractivity contribution is 5.80. The van der Waals surface area contributed by atoms with Crippen molar-refractivity contribution in [3.63, 3.8) is 0 Å². The van der Waals surface area contributed by atoms with Crippen LogP contribution in [0, 0.1) is 0 Å². The van der Waals surface area contributed by atoms with Gasteiger partial charge in [0.2, 0.25) is 0 Å². The quantitative estimate of drug-likeness (QED) is 0.552. The minimum Gasteiger partial charge on any atom is -0.465 e. The van der Waals surface area contributed by atoms with E-state index >= 15 is 0 Å². The van der Waals surface area contributed by atoms with Gasteiger partial charge in [0.05, 0.1) is 6.61 Å². The van der Waals surface area contributed by atoms with Crippen molar-refractivity contribution >= 4 is 5.97 Å². The van der Waals surface area contributed by atoms with E-state index in [1.54, 1.807) is 0 Å². The number of carbonyl (C=O) groups is 1. The van der Waals surface area contributed by atoms with Gasteiger partial charge in [-0.05, 0) is 73.4 Å². The number of unbranched alkanes of at least 4 members (excludes halogenated alkanes) is 1. The first kappa shape index (κ1) is 18.4. The van der Waals surface area contributed by atoms with Crippen LogP contribution in [0.1, 0.15) is 66.2 Å². The number of carbonyl (C=O) groups excluding carboxylic acids is 1. The number of rotatable bonds is 8. The van der Waals surface area contributed by atoms with Crippen molar-refractivity contribution in [1.29, 1.82) is 0 Å². The van der Waals surface area contributed by atoms with Crippen molar-refractivity contribution < 1.29 is 9.53 Å². The van der Waals surface area contributed by atoms with E-state index in [-0.39, 0.29) is 5.97 Å². The van der Waals surface area contributed by atoms with Crippen molar-refractivity contribution in [3.8, 4) is 0 Å². The lowest BCUT2D eigenvalue weighted by atomic mass is 9.93. The minimum atomic E-state index is -0.546. The molecule has 0 radical (unpaired) electrons. The third kappa shape index (κ3) is 5.26. The van der Waals surface area contributed by atoms with Crippen LogP contribution in [0.3, 0.4) is 0 Å². The Morgan fingerprint density at radius 3 is 2.43 bits per heavy atom. The fourth-order valence-corrected chi connectivity index (χ4v) is 3.31. The van der Waals surface area contributed by atoms with Crippen LogP contribution in [0.15, 0.2) is 0 Å². The molecule has 1 heterocycles. The Labute approximate surface area is 130 Å². The number of hydrogen-bond acceptors (Lipinski definition) is 4. The summed E-state index contributed by atoms with van der Waals surface area (Å²) in [6.45, 7) is 10.1. The average molecular weight is 298 g/mol. The number of esters is 1. The van der Waals surface area contributed by atoms with Gasteiger partial charge in [0.25, 0.3) is 0 Å². The molecule has 0 aromatic rings. The normalized spacial score (nSPS) is 26.3. The topological polar surface area (TPSA) is 41.6 Å². The molecule has 4 heteroatoms. The summed E-state index contributed by atoms with van der Waals surface area (Å²) >= 11 is 0. The predicted molar refractivity (Wildman–Crippen MR) is 87.4 cm³/mol. The van der Waals surface area contributed by atoms with E-state index in [0.29, 0.717) is 18.7 Å². The summed E-state index contributed by atoms with van der Waals surface area (Å²) in [4.78, 5) is 14.6. The molecule has 4 nitrogen and oxygen atoms in total. The van der Waals surface area contributed by atoms with Crippen LogP contribution in [0.2, 0.25) is 0 Å². The fraction of sp³-hybridized carbons (Fsp3) is 0.941. The van der Waals surface area contributed by atoms with Crippen molar-refractivity contribution in [2.75, 3.05) is 20.2 Å². The van der Waals surface area contributed by atoms with E-state index in [2.05, 4.69) is 24.1 Å². The SMILES string of the molecule is CCOC(=O)C(C)(CCCCN1[C@H](C)CCC[C@@H]1C)NC. The lowest BCUT2D eigenvalue weighted by Gasteiger charge is -2.39. The van der Waals surface area contributed by atoms with E-state index in [4.69, 9.17) is 4.74 Å². The summed E-state index contributed by atoms with van der Waals surface area (Å²) < 4.78 is 5.17. The average Bonchev–Trinajstić information content (AvgIpc) is 2.46. The zero-order valence-corrected chi connectivity index (χ0v) is 14.6. The van der Waals surface area contributed by atoms with Crippen molar-refractivity contribution in [1.82, 2.24) is 10.2 Å². The number of piperidine rings is 1. The molecule has 1 saturated heterocycles. The van der Waals surface area contributed by atoms with Crippen LogP contribution in [0.4, 0.5) is 0 Å².